The van der Waals surface area contributed by atoms with E-state index in [1.165, 1.54) is 6.07 Å². The number of piperidine rings is 1. The third-order valence-corrected chi connectivity index (χ3v) is 4.75. The number of ether oxygens (including phenoxy) is 1. The minimum absolute atomic E-state index is 0.0765. The summed E-state index contributed by atoms with van der Waals surface area (Å²) in [5.74, 6) is 1.30. The molecule has 3 rings (SSSR count). The zero-order valence-corrected chi connectivity index (χ0v) is 13.8. The van der Waals surface area contributed by atoms with Gasteiger partial charge in [-0.05, 0) is 31.6 Å². The molecule has 3 heterocycles. The molecule has 4 N–H and O–H groups in total. The lowest BCUT2D eigenvalue weighted by Crippen LogP contribution is -2.43. The highest BCUT2D eigenvalue weighted by molar-refractivity contribution is 5.78. The number of amides is 1. The van der Waals surface area contributed by atoms with Gasteiger partial charge in [0, 0.05) is 44.8 Å². The van der Waals surface area contributed by atoms with Crippen LogP contribution in [0.1, 0.15) is 25.7 Å². The van der Waals surface area contributed by atoms with Crippen molar-refractivity contribution < 1.29 is 9.53 Å². The van der Waals surface area contributed by atoms with Crippen molar-refractivity contribution in [2.45, 2.75) is 25.7 Å². The van der Waals surface area contributed by atoms with E-state index in [0.717, 1.165) is 38.8 Å². The molecule has 1 unspecified atom stereocenters. The Morgan fingerprint density at radius 2 is 2.21 bits per heavy atom. The first-order chi connectivity index (χ1) is 11.6. The minimum Gasteiger partial charge on any atom is -0.381 e. The summed E-state index contributed by atoms with van der Waals surface area (Å²) in [4.78, 5) is 32.5. The van der Waals surface area contributed by atoms with Crippen LogP contribution >= 0.6 is 0 Å². The quantitative estimate of drug-likeness (QED) is 0.720. The maximum Gasteiger partial charge on any atom is 0.254 e. The van der Waals surface area contributed by atoms with Crippen LogP contribution < -0.4 is 21.5 Å². The second-order valence-corrected chi connectivity index (χ2v) is 6.57. The first-order valence-electron chi connectivity index (χ1n) is 8.59. The van der Waals surface area contributed by atoms with Crippen molar-refractivity contribution in [3.05, 3.63) is 16.4 Å². The molecule has 0 bridgehead atoms. The van der Waals surface area contributed by atoms with Crippen molar-refractivity contribution in [1.82, 2.24) is 15.3 Å². The Bertz CT molecular complexity index is 626. The van der Waals surface area contributed by atoms with E-state index in [4.69, 9.17) is 10.5 Å². The van der Waals surface area contributed by atoms with Gasteiger partial charge in [-0.2, -0.15) is 4.98 Å². The second kappa shape index (κ2) is 7.65. The fraction of sp³-hybridized carbons (Fsp3) is 0.688. The van der Waals surface area contributed by atoms with Crippen LogP contribution in [0, 0.1) is 11.8 Å². The Hall–Kier alpha value is -2.09. The van der Waals surface area contributed by atoms with Crippen LogP contribution in [-0.2, 0) is 9.53 Å². The molecule has 132 valence electrons. The van der Waals surface area contributed by atoms with Crippen LogP contribution in [0.2, 0.25) is 0 Å². The number of nitrogen functional groups attached to an aromatic ring is 1. The molecule has 2 saturated heterocycles. The maximum atomic E-state index is 12.2. The molecule has 0 radical (unpaired) electrons. The van der Waals surface area contributed by atoms with Crippen LogP contribution in [0.5, 0.6) is 0 Å². The van der Waals surface area contributed by atoms with Crippen LogP contribution in [0.25, 0.3) is 0 Å². The number of aromatic amines is 1. The topological polar surface area (TPSA) is 113 Å². The van der Waals surface area contributed by atoms with Gasteiger partial charge in [-0.15, -0.1) is 0 Å². The summed E-state index contributed by atoms with van der Waals surface area (Å²) >= 11 is 0. The number of rotatable bonds is 4. The van der Waals surface area contributed by atoms with Gasteiger partial charge in [0.1, 0.15) is 5.82 Å². The number of aromatic nitrogens is 2. The normalized spacial score (nSPS) is 22.3. The zero-order chi connectivity index (χ0) is 16.9. The van der Waals surface area contributed by atoms with E-state index in [0.29, 0.717) is 31.5 Å². The summed E-state index contributed by atoms with van der Waals surface area (Å²) in [5, 5.41) is 3.08. The molecule has 1 aromatic heterocycles. The summed E-state index contributed by atoms with van der Waals surface area (Å²) < 4.78 is 5.29. The summed E-state index contributed by atoms with van der Waals surface area (Å²) in [6.45, 7) is 3.62. The van der Waals surface area contributed by atoms with E-state index in [1.54, 1.807) is 0 Å². The van der Waals surface area contributed by atoms with Crippen molar-refractivity contribution in [3.8, 4) is 0 Å². The van der Waals surface area contributed by atoms with E-state index in [2.05, 4.69) is 20.2 Å². The lowest BCUT2D eigenvalue weighted by Gasteiger charge is -2.34. The number of anilines is 2. The van der Waals surface area contributed by atoms with Crippen LogP contribution in [0.3, 0.4) is 0 Å². The molecule has 0 aromatic carbocycles. The van der Waals surface area contributed by atoms with Gasteiger partial charge in [0.25, 0.3) is 5.56 Å². The smallest absolute Gasteiger partial charge is 0.254 e. The van der Waals surface area contributed by atoms with Crippen LogP contribution in [0.4, 0.5) is 11.8 Å². The molecule has 0 spiro atoms. The van der Waals surface area contributed by atoms with Gasteiger partial charge in [-0.25, -0.2) is 0 Å². The number of hydrogen-bond donors (Lipinski definition) is 3. The van der Waals surface area contributed by atoms with Gasteiger partial charge in [0.15, 0.2) is 0 Å². The molecule has 1 amide bonds. The van der Waals surface area contributed by atoms with Gasteiger partial charge in [-0.3, -0.25) is 14.6 Å². The highest BCUT2D eigenvalue weighted by Crippen LogP contribution is 2.21. The molecular weight excluding hydrogens is 310 g/mol. The number of carbonyl (C=O) groups is 1. The number of H-pyrrole nitrogens is 1. The third-order valence-electron chi connectivity index (χ3n) is 4.75. The van der Waals surface area contributed by atoms with Gasteiger partial charge in [0.2, 0.25) is 11.9 Å². The van der Waals surface area contributed by atoms with E-state index in [1.807, 2.05) is 0 Å². The van der Waals surface area contributed by atoms with Crippen LogP contribution in [0.15, 0.2) is 10.9 Å². The number of hydrogen-bond acceptors (Lipinski definition) is 6. The summed E-state index contributed by atoms with van der Waals surface area (Å²) in [6, 6.07) is 1.47. The highest BCUT2D eigenvalue weighted by Gasteiger charge is 2.25. The number of carbonyl (C=O) groups excluding carboxylic acids is 1. The third kappa shape index (κ3) is 4.25. The van der Waals surface area contributed by atoms with Crippen molar-refractivity contribution in [1.29, 1.82) is 0 Å². The number of nitrogens with one attached hydrogen (secondary N) is 2. The minimum atomic E-state index is -0.243. The highest BCUT2D eigenvalue weighted by atomic mass is 16.5. The molecule has 24 heavy (non-hydrogen) atoms. The molecule has 2 fully saturated rings. The first-order valence-corrected chi connectivity index (χ1v) is 8.59. The Labute approximate surface area is 140 Å². The van der Waals surface area contributed by atoms with E-state index in [9.17, 15) is 9.59 Å². The largest absolute Gasteiger partial charge is 0.381 e. The SMILES string of the molecule is Nc1nc(N2CCCC(CNC(=O)C3CCOCC3)C2)cc(=O)[nH]1. The average Bonchev–Trinajstić information content (AvgIpc) is 2.60. The molecule has 1 atom stereocenters. The monoisotopic (exact) mass is 335 g/mol. The van der Waals surface area contributed by atoms with Crippen molar-refractivity contribution >= 4 is 17.7 Å². The zero-order valence-electron chi connectivity index (χ0n) is 13.8. The van der Waals surface area contributed by atoms with Crippen molar-refractivity contribution in [3.63, 3.8) is 0 Å². The number of nitrogens with zero attached hydrogens (tertiary/aromatic N) is 2. The molecule has 1 aromatic rings. The van der Waals surface area contributed by atoms with Gasteiger partial charge in [0.05, 0.1) is 0 Å². The van der Waals surface area contributed by atoms with E-state index >= 15 is 0 Å². The molecule has 8 nitrogen and oxygen atoms in total. The van der Waals surface area contributed by atoms with Gasteiger partial charge < -0.3 is 20.7 Å². The van der Waals surface area contributed by atoms with E-state index in [-0.39, 0.29) is 23.3 Å². The number of nitrogens with two attached hydrogens (primary N) is 1. The Balaban J connectivity index is 1.53. The summed E-state index contributed by atoms with van der Waals surface area (Å²) in [6.07, 6.45) is 3.67. The lowest BCUT2D eigenvalue weighted by atomic mass is 9.96. The molecule has 0 aliphatic carbocycles. The molecular formula is C16H25N5O3. The van der Waals surface area contributed by atoms with Gasteiger partial charge >= 0.3 is 0 Å². The fourth-order valence-electron chi connectivity index (χ4n) is 3.41. The Morgan fingerprint density at radius 3 is 2.96 bits per heavy atom. The molecule has 8 heteroatoms. The summed E-state index contributed by atoms with van der Waals surface area (Å²) in [7, 11) is 0. The Morgan fingerprint density at radius 1 is 1.42 bits per heavy atom. The molecule has 2 aliphatic rings. The van der Waals surface area contributed by atoms with Crippen molar-refractivity contribution in [2.75, 3.05) is 43.5 Å². The lowest BCUT2D eigenvalue weighted by molar-refractivity contribution is -0.128. The fourth-order valence-corrected chi connectivity index (χ4v) is 3.41. The second-order valence-electron chi connectivity index (χ2n) is 6.57. The van der Waals surface area contributed by atoms with Crippen LogP contribution in [-0.4, -0.2) is 48.7 Å². The van der Waals surface area contributed by atoms with E-state index < -0.39 is 0 Å². The summed E-state index contributed by atoms with van der Waals surface area (Å²) in [5.41, 5.74) is 5.38. The molecule has 0 saturated carbocycles. The predicted octanol–water partition coefficient (Wildman–Crippen LogP) is 0.111. The van der Waals surface area contributed by atoms with Crippen molar-refractivity contribution in [2.24, 2.45) is 11.8 Å². The molecule has 2 aliphatic heterocycles. The van der Waals surface area contributed by atoms with Gasteiger partial charge in [-0.1, -0.05) is 0 Å². The predicted molar refractivity (Wildman–Crippen MR) is 90.8 cm³/mol. The Kier molecular flexibility index (Phi) is 5.34. The maximum absolute atomic E-state index is 12.2. The average molecular weight is 335 g/mol. The standard InChI is InChI=1S/C16H25N5O3/c17-16-19-13(8-14(22)20-16)21-5-1-2-11(10-21)9-18-15(23)12-3-6-24-7-4-12/h8,11-12H,1-7,9-10H2,(H,18,23)(H3,17,19,20,22). The first kappa shape index (κ1) is 16.8.